The zero-order valence-corrected chi connectivity index (χ0v) is 20.6. The molecule has 1 aliphatic heterocycles. The van der Waals surface area contributed by atoms with E-state index in [9.17, 15) is 0 Å². The predicted molar refractivity (Wildman–Crippen MR) is 132 cm³/mol. The molecule has 0 saturated carbocycles. The molecule has 29 heavy (non-hydrogen) atoms. The van der Waals surface area contributed by atoms with Crippen molar-refractivity contribution in [3.05, 3.63) is 45.9 Å². The average molecular weight is 529 g/mol. The first-order chi connectivity index (χ1) is 13.7. The highest BCUT2D eigenvalue weighted by molar-refractivity contribution is 14.0. The fraction of sp³-hybridized carbons (Fsp3) is 0.524. The molecule has 1 saturated heterocycles. The van der Waals surface area contributed by atoms with E-state index < -0.39 is 0 Å². The van der Waals surface area contributed by atoms with Gasteiger partial charge in [-0.25, -0.2) is 9.98 Å². The van der Waals surface area contributed by atoms with E-state index in [-0.39, 0.29) is 24.0 Å². The highest BCUT2D eigenvalue weighted by Crippen LogP contribution is 2.26. The number of aliphatic imine (C=N–C) groups is 1. The quantitative estimate of drug-likeness (QED) is 0.308. The monoisotopic (exact) mass is 529 g/mol. The van der Waals surface area contributed by atoms with Gasteiger partial charge in [0, 0.05) is 24.2 Å². The zero-order chi connectivity index (χ0) is 19.8. The van der Waals surface area contributed by atoms with Crippen LogP contribution >= 0.6 is 35.3 Å². The van der Waals surface area contributed by atoms with Crippen LogP contribution in [0.2, 0.25) is 0 Å². The van der Waals surface area contributed by atoms with Gasteiger partial charge in [-0.3, -0.25) is 4.90 Å². The van der Waals surface area contributed by atoms with Gasteiger partial charge >= 0.3 is 0 Å². The van der Waals surface area contributed by atoms with Crippen molar-refractivity contribution in [1.29, 1.82) is 0 Å². The number of thiazole rings is 1. The number of methoxy groups -OCH3 is 1. The number of halogens is 1. The molecular weight excluding hydrogens is 497 g/mol. The Morgan fingerprint density at radius 1 is 1.24 bits per heavy atom. The van der Waals surface area contributed by atoms with Gasteiger partial charge in [0.15, 0.2) is 5.96 Å². The smallest absolute Gasteiger partial charge is 0.191 e. The number of benzene rings is 1. The van der Waals surface area contributed by atoms with Gasteiger partial charge < -0.3 is 15.4 Å². The number of rotatable bonds is 8. The Hall–Kier alpha value is -1.39. The minimum absolute atomic E-state index is 0. The zero-order valence-electron chi connectivity index (χ0n) is 17.5. The Kier molecular flexibility index (Phi) is 10.2. The number of likely N-dealkylation sites (tertiary alicyclic amines) is 1. The van der Waals surface area contributed by atoms with E-state index >= 15 is 0 Å². The summed E-state index contributed by atoms with van der Waals surface area (Å²) in [5, 5.41) is 7.99. The van der Waals surface area contributed by atoms with Gasteiger partial charge in [0.1, 0.15) is 5.75 Å². The Bertz CT molecular complexity index is 759. The second-order valence-electron chi connectivity index (χ2n) is 6.95. The number of aryl methyl sites for hydroxylation is 1. The summed E-state index contributed by atoms with van der Waals surface area (Å²) in [7, 11) is 1.71. The van der Waals surface area contributed by atoms with Crippen LogP contribution in [0.3, 0.4) is 0 Å². The van der Waals surface area contributed by atoms with E-state index in [1.807, 2.05) is 25.3 Å². The first-order valence-electron chi connectivity index (χ1n) is 10.0. The Balaban J connectivity index is 0.00000300. The van der Waals surface area contributed by atoms with Gasteiger partial charge in [-0.05, 0) is 57.5 Å². The van der Waals surface area contributed by atoms with Crippen molar-refractivity contribution in [3.8, 4) is 5.75 Å². The maximum absolute atomic E-state index is 5.32. The number of hydrogen-bond donors (Lipinski definition) is 2. The maximum Gasteiger partial charge on any atom is 0.191 e. The molecule has 1 unspecified atom stereocenters. The number of nitrogens with zero attached hydrogens (tertiary/aromatic N) is 3. The normalized spacial score (nSPS) is 15.6. The highest BCUT2D eigenvalue weighted by atomic mass is 127. The van der Waals surface area contributed by atoms with Gasteiger partial charge in [0.2, 0.25) is 0 Å². The maximum atomic E-state index is 5.32. The molecule has 0 spiro atoms. The van der Waals surface area contributed by atoms with Crippen LogP contribution in [0.4, 0.5) is 0 Å². The van der Waals surface area contributed by atoms with Gasteiger partial charge in [-0.15, -0.1) is 35.3 Å². The van der Waals surface area contributed by atoms with Crippen molar-refractivity contribution < 1.29 is 4.74 Å². The summed E-state index contributed by atoms with van der Waals surface area (Å²) in [4.78, 5) is 12.8. The molecule has 160 valence electrons. The lowest BCUT2D eigenvalue weighted by Crippen LogP contribution is -2.42. The van der Waals surface area contributed by atoms with Crippen molar-refractivity contribution in [2.75, 3.05) is 33.3 Å². The van der Waals surface area contributed by atoms with Crippen LogP contribution in [0.25, 0.3) is 0 Å². The number of aromatic nitrogens is 1. The third-order valence-electron chi connectivity index (χ3n) is 4.95. The molecule has 1 aliphatic rings. The van der Waals surface area contributed by atoms with Crippen molar-refractivity contribution >= 4 is 41.3 Å². The number of ether oxygens (including phenoxy) is 1. The van der Waals surface area contributed by atoms with Crippen molar-refractivity contribution in [2.45, 2.75) is 39.3 Å². The number of hydrogen-bond acceptors (Lipinski definition) is 5. The van der Waals surface area contributed by atoms with E-state index in [2.05, 4.69) is 39.6 Å². The standard InChI is InChI=1S/C21H31N5OS.HI/c1-4-22-21(24-14-19-13-23-16(2)28-19)25-15-20(26-11-5-6-12-26)17-7-9-18(27-3)10-8-17;/h7-10,13,20H,4-6,11-12,14-15H2,1-3H3,(H2,22,24,25);1H. The van der Waals surface area contributed by atoms with Crippen LogP contribution in [-0.4, -0.2) is 49.1 Å². The fourth-order valence-corrected chi connectivity index (χ4v) is 4.23. The summed E-state index contributed by atoms with van der Waals surface area (Å²) in [6.45, 7) is 8.72. The van der Waals surface area contributed by atoms with E-state index in [1.165, 1.54) is 23.3 Å². The summed E-state index contributed by atoms with van der Waals surface area (Å²) >= 11 is 1.70. The van der Waals surface area contributed by atoms with Gasteiger partial charge in [-0.1, -0.05) is 12.1 Å². The van der Waals surface area contributed by atoms with E-state index in [0.717, 1.165) is 42.9 Å². The summed E-state index contributed by atoms with van der Waals surface area (Å²) in [6, 6.07) is 8.76. The van der Waals surface area contributed by atoms with Crippen LogP contribution in [0.5, 0.6) is 5.75 Å². The largest absolute Gasteiger partial charge is 0.497 e. The van der Waals surface area contributed by atoms with Crippen LogP contribution in [0.15, 0.2) is 35.5 Å². The van der Waals surface area contributed by atoms with Crippen LogP contribution in [0, 0.1) is 6.92 Å². The Morgan fingerprint density at radius 3 is 2.55 bits per heavy atom. The molecule has 2 N–H and O–H groups in total. The van der Waals surface area contributed by atoms with E-state index in [0.29, 0.717) is 12.6 Å². The van der Waals surface area contributed by atoms with Crippen LogP contribution in [0.1, 0.15) is 41.3 Å². The molecule has 1 atom stereocenters. The first kappa shape index (κ1) is 23.9. The molecule has 3 rings (SSSR count). The number of guanidine groups is 1. The molecule has 0 bridgehead atoms. The molecule has 1 aromatic carbocycles. The van der Waals surface area contributed by atoms with Crippen LogP contribution < -0.4 is 15.4 Å². The minimum atomic E-state index is 0. The van der Waals surface area contributed by atoms with E-state index in [4.69, 9.17) is 9.73 Å². The lowest BCUT2D eigenvalue weighted by molar-refractivity contribution is 0.245. The van der Waals surface area contributed by atoms with Crippen LogP contribution in [-0.2, 0) is 6.54 Å². The van der Waals surface area contributed by atoms with Crippen molar-refractivity contribution in [1.82, 2.24) is 20.5 Å². The fourth-order valence-electron chi connectivity index (χ4n) is 3.51. The van der Waals surface area contributed by atoms with Gasteiger partial charge in [0.25, 0.3) is 0 Å². The van der Waals surface area contributed by atoms with Gasteiger partial charge in [0.05, 0.1) is 24.7 Å². The summed E-state index contributed by atoms with van der Waals surface area (Å²) < 4.78 is 5.32. The Morgan fingerprint density at radius 2 is 1.97 bits per heavy atom. The SMILES string of the molecule is CCNC(=NCc1cnc(C)s1)NCC(c1ccc(OC)cc1)N1CCCC1.I. The molecule has 0 radical (unpaired) electrons. The highest BCUT2D eigenvalue weighted by Gasteiger charge is 2.23. The molecule has 2 aromatic rings. The van der Waals surface area contributed by atoms with Gasteiger partial charge in [-0.2, -0.15) is 0 Å². The molecule has 1 fully saturated rings. The molecule has 6 nitrogen and oxygen atoms in total. The minimum Gasteiger partial charge on any atom is -0.497 e. The van der Waals surface area contributed by atoms with E-state index in [1.54, 1.807) is 18.4 Å². The van der Waals surface area contributed by atoms with Crippen molar-refractivity contribution in [3.63, 3.8) is 0 Å². The summed E-state index contributed by atoms with van der Waals surface area (Å²) in [5.74, 6) is 1.75. The lowest BCUT2D eigenvalue weighted by Gasteiger charge is -2.29. The molecule has 2 heterocycles. The molecule has 8 heteroatoms. The topological polar surface area (TPSA) is 61.8 Å². The average Bonchev–Trinajstić information content (AvgIpc) is 3.38. The second kappa shape index (κ2) is 12.3. The third-order valence-corrected chi connectivity index (χ3v) is 5.85. The first-order valence-corrected chi connectivity index (χ1v) is 10.8. The molecule has 0 aliphatic carbocycles. The lowest BCUT2D eigenvalue weighted by atomic mass is 10.1. The van der Waals surface area contributed by atoms with Crippen molar-refractivity contribution in [2.24, 2.45) is 4.99 Å². The Labute approximate surface area is 195 Å². The summed E-state index contributed by atoms with van der Waals surface area (Å²) in [5.41, 5.74) is 1.31. The second-order valence-corrected chi connectivity index (χ2v) is 8.27. The summed E-state index contributed by atoms with van der Waals surface area (Å²) in [6.07, 6.45) is 4.45. The number of nitrogens with one attached hydrogen (secondary N) is 2. The molecule has 0 amide bonds. The third kappa shape index (κ3) is 7.11. The molecular formula is C21H32IN5OS. The molecule has 1 aromatic heterocycles. The predicted octanol–water partition coefficient (Wildman–Crippen LogP) is 3.97.